The Bertz CT molecular complexity index is 472. The summed E-state index contributed by atoms with van der Waals surface area (Å²) in [4.78, 5) is 22.7. The first kappa shape index (κ1) is 14.8. The van der Waals surface area contributed by atoms with Crippen LogP contribution in [0.15, 0.2) is 18.2 Å². The van der Waals surface area contributed by atoms with Gasteiger partial charge in [0.1, 0.15) is 5.75 Å². The second-order valence-electron chi connectivity index (χ2n) is 3.76. The molecule has 104 valence electrons. The molecule has 1 rings (SSSR count). The minimum Gasteiger partial charge on any atom is -0.477 e. The molecular formula is C13H17NO5. The van der Waals surface area contributed by atoms with Gasteiger partial charge in [-0.1, -0.05) is 0 Å². The molecule has 0 aliphatic heterocycles. The summed E-state index contributed by atoms with van der Waals surface area (Å²) in [5, 5.41) is 0. The van der Waals surface area contributed by atoms with E-state index in [9.17, 15) is 9.59 Å². The normalized spacial score (nSPS) is 11.5. The van der Waals surface area contributed by atoms with Crippen LogP contribution in [0.5, 0.6) is 5.75 Å². The summed E-state index contributed by atoms with van der Waals surface area (Å²) in [5.74, 6) is -0.649. The molecule has 0 aromatic heterocycles. The van der Waals surface area contributed by atoms with Crippen LogP contribution in [0.3, 0.4) is 0 Å². The van der Waals surface area contributed by atoms with Crippen LogP contribution in [0.2, 0.25) is 0 Å². The fraction of sp³-hybridized carbons (Fsp3) is 0.385. The number of methoxy groups -OCH3 is 1. The molecule has 19 heavy (non-hydrogen) atoms. The van der Waals surface area contributed by atoms with Crippen molar-refractivity contribution in [2.45, 2.75) is 20.0 Å². The minimum atomic E-state index is -0.772. The smallest absolute Gasteiger partial charge is 0.347 e. The Kier molecular flexibility index (Phi) is 5.17. The Morgan fingerprint density at radius 1 is 1.37 bits per heavy atom. The van der Waals surface area contributed by atoms with E-state index in [1.807, 2.05) is 0 Å². The predicted molar refractivity (Wildman–Crippen MR) is 68.9 cm³/mol. The van der Waals surface area contributed by atoms with Crippen LogP contribution in [0, 0.1) is 0 Å². The lowest BCUT2D eigenvalue weighted by Crippen LogP contribution is -2.26. The average Bonchev–Trinajstić information content (AvgIpc) is 2.40. The van der Waals surface area contributed by atoms with Crippen LogP contribution in [0.4, 0.5) is 5.69 Å². The van der Waals surface area contributed by atoms with Gasteiger partial charge in [0.15, 0.2) is 6.10 Å². The maximum atomic E-state index is 11.4. The van der Waals surface area contributed by atoms with E-state index in [2.05, 4.69) is 4.74 Å². The molecule has 0 aliphatic rings. The zero-order valence-corrected chi connectivity index (χ0v) is 11.1. The fourth-order valence-electron chi connectivity index (χ4n) is 1.40. The Labute approximate surface area is 111 Å². The first-order valence-corrected chi connectivity index (χ1v) is 5.80. The molecule has 0 bridgehead atoms. The number of esters is 2. The molecule has 0 amide bonds. The minimum absolute atomic E-state index is 0.249. The van der Waals surface area contributed by atoms with Crippen LogP contribution in [-0.4, -0.2) is 31.8 Å². The van der Waals surface area contributed by atoms with E-state index in [-0.39, 0.29) is 12.3 Å². The maximum Gasteiger partial charge on any atom is 0.347 e. The number of carbonyl (C=O) groups is 2. The van der Waals surface area contributed by atoms with E-state index in [1.165, 1.54) is 25.3 Å². The van der Waals surface area contributed by atoms with Crippen molar-refractivity contribution in [2.24, 2.45) is 0 Å². The van der Waals surface area contributed by atoms with E-state index in [4.69, 9.17) is 15.2 Å². The van der Waals surface area contributed by atoms with Gasteiger partial charge in [-0.3, -0.25) is 0 Å². The Morgan fingerprint density at radius 2 is 2.05 bits per heavy atom. The lowest BCUT2D eigenvalue weighted by molar-refractivity contribution is -0.150. The summed E-state index contributed by atoms with van der Waals surface area (Å²) in [6, 6.07) is 4.45. The zero-order valence-electron chi connectivity index (χ0n) is 11.1. The van der Waals surface area contributed by atoms with Crippen LogP contribution in [0.25, 0.3) is 0 Å². The molecule has 6 nitrogen and oxygen atoms in total. The highest BCUT2D eigenvalue weighted by Crippen LogP contribution is 2.24. The third-order valence-corrected chi connectivity index (χ3v) is 2.35. The second-order valence-corrected chi connectivity index (χ2v) is 3.76. The van der Waals surface area contributed by atoms with Crippen LogP contribution >= 0.6 is 0 Å². The van der Waals surface area contributed by atoms with Gasteiger partial charge in [-0.25, -0.2) is 9.59 Å². The highest BCUT2D eigenvalue weighted by Gasteiger charge is 2.17. The number of hydrogen-bond donors (Lipinski definition) is 1. The van der Waals surface area contributed by atoms with Crippen LogP contribution < -0.4 is 10.5 Å². The van der Waals surface area contributed by atoms with Crippen LogP contribution in [0.1, 0.15) is 24.2 Å². The predicted octanol–water partition coefficient (Wildman–Crippen LogP) is 1.39. The quantitative estimate of drug-likeness (QED) is 0.640. The van der Waals surface area contributed by atoms with Gasteiger partial charge in [0.05, 0.1) is 25.0 Å². The van der Waals surface area contributed by atoms with E-state index in [1.54, 1.807) is 13.8 Å². The van der Waals surface area contributed by atoms with Crippen molar-refractivity contribution in [1.82, 2.24) is 0 Å². The number of carbonyl (C=O) groups excluding carboxylic acids is 2. The summed E-state index contributed by atoms with van der Waals surface area (Å²) >= 11 is 0. The standard InChI is InChI=1S/C13H17NO5/c1-4-18-12(15)8(2)19-11-6-5-9(7-10(11)14)13(16)17-3/h5-8H,4,14H2,1-3H3. The molecule has 0 aliphatic carbocycles. The zero-order chi connectivity index (χ0) is 14.4. The fourth-order valence-corrected chi connectivity index (χ4v) is 1.40. The molecule has 0 saturated carbocycles. The van der Waals surface area contributed by atoms with E-state index in [0.717, 1.165) is 0 Å². The highest BCUT2D eigenvalue weighted by atomic mass is 16.6. The van der Waals surface area contributed by atoms with Gasteiger partial charge in [-0.2, -0.15) is 0 Å². The van der Waals surface area contributed by atoms with E-state index >= 15 is 0 Å². The summed E-state index contributed by atoms with van der Waals surface area (Å²) in [7, 11) is 1.28. The number of nitrogen functional groups attached to an aromatic ring is 1. The molecule has 0 fully saturated rings. The third-order valence-electron chi connectivity index (χ3n) is 2.35. The Hall–Kier alpha value is -2.24. The largest absolute Gasteiger partial charge is 0.477 e. The van der Waals surface area contributed by atoms with Crippen molar-refractivity contribution in [3.63, 3.8) is 0 Å². The van der Waals surface area contributed by atoms with Gasteiger partial charge in [0.2, 0.25) is 0 Å². The molecular weight excluding hydrogens is 250 g/mol. The third kappa shape index (κ3) is 3.87. The molecule has 0 saturated heterocycles. The number of anilines is 1. The van der Waals surface area contributed by atoms with Gasteiger partial charge in [-0.05, 0) is 32.0 Å². The van der Waals surface area contributed by atoms with Gasteiger partial charge in [0, 0.05) is 0 Å². The summed E-state index contributed by atoms with van der Waals surface area (Å²) in [6.07, 6.45) is -0.772. The lowest BCUT2D eigenvalue weighted by atomic mass is 10.2. The number of benzene rings is 1. The maximum absolute atomic E-state index is 11.4. The molecule has 6 heteroatoms. The number of rotatable bonds is 5. The molecule has 0 radical (unpaired) electrons. The number of ether oxygens (including phenoxy) is 3. The van der Waals surface area contributed by atoms with Crippen molar-refractivity contribution in [3.05, 3.63) is 23.8 Å². The summed E-state index contributed by atoms with van der Waals surface area (Å²) < 4.78 is 14.8. The number of nitrogens with two attached hydrogens (primary N) is 1. The first-order chi connectivity index (χ1) is 8.99. The topological polar surface area (TPSA) is 87.8 Å². The molecule has 1 aromatic carbocycles. The number of hydrogen-bond acceptors (Lipinski definition) is 6. The Morgan fingerprint density at radius 3 is 2.58 bits per heavy atom. The van der Waals surface area contributed by atoms with Crippen molar-refractivity contribution in [3.8, 4) is 5.75 Å². The van der Waals surface area contributed by atoms with E-state index < -0.39 is 18.0 Å². The summed E-state index contributed by atoms with van der Waals surface area (Å²) in [6.45, 7) is 3.55. The summed E-state index contributed by atoms with van der Waals surface area (Å²) in [5.41, 5.74) is 6.32. The second kappa shape index (κ2) is 6.63. The molecule has 2 N–H and O–H groups in total. The van der Waals surface area contributed by atoms with Crippen molar-refractivity contribution >= 4 is 17.6 Å². The molecule has 0 spiro atoms. The monoisotopic (exact) mass is 267 g/mol. The van der Waals surface area contributed by atoms with Gasteiger partial charge in [-0.15, -0.1) is 0 Å². The van der Waals surface area contributed by atoms with Gasteiger partial charge < -0.3 is 19.9 Å². The van der Waals surface area contributed by atoms with Gasteiger partial charge >= 0.3 is 11.9 Å². The molecule has 1 unspecified atom stereocenters. The van der Waals surface area contributed by atoms with Crippen LogP contribution in [-0.2, 0) is 14.3 Å². The molecule has 1 atom stereocenters. The average molecular weight is 267 g/mol. The van der Waals surface area contributed by atoms with Crippen molar-refractivity contribution < 1.29 is 23.8 Å². The SMILES string of the molecule is CCOC(=O)C(C)Oc1ccc(C(=O)OC)cc1N. The van der Waals surface area contributed by atoms with E-state index in [0.29, 0.717) is 11.3 Å². The Balaban J connectivity index is 2.80. The first-order valence-electron chi connectivity index (χ1n) is 5.80. The lowest BCUT2D eigenvalue weighted by Gasteiger charge is -2.15. The highest BCUT2D eigenvalue weighted by molar-refractivity contribution is 5.91. The van der Waals surface area contributed by atoms with Gasteiger partial charge in [0.25, 0.3) is 0 Å². The molecule has 0 heterocycles. The van der Waals surface area contributed by atoms with Crippen molar-refractivity contribution in [1.29, 1.82) is 0 Å². The van der Waals surface area contributed by atoms with Crippen molar-refractivity contribution in [2.75, 3.05) is 19.5 Å². The molecule has 1 aromatic rings.